The van der Waals surface area contributed by atoms with Gasteiger partial charge in [0.05, 0.1) is 0 Å². The van der Waals surface area contributed by atoms with Crippen molar-refractivity contribution in [3.63, 3.8) is 0 Å². The van der Waals surface area contributed by atoms with Crippen molar-refractivity contribution in [2.24, 2.45) is 0 Å². The van der Waals surface area contributed by atoms with Gasteiger partial charge in [-0.3, -0.25) is 0 Å². The number of rotatable bonds is 5. The zero-order valence-corrected chi connectivity index (χ0v) is 15.3. The third kappa shape index (κ3) is 4.39. The number of aryl methyl sites for hydroxylation is 1. The normalized spacial score (nSPS) is 11.4. The van der Waals surface area contributed by atoms with Crippen molar-refractivity contribution in [1.82, 2.24) is 9.97 Å². The molecular formula is C20H18F4N4. The molecule has 146 valence electrons. The van der Waals surface area contributed by atoms with Crippen molar-refractivity contribution in [3.05, 3.63) is 71.7 Å². The summed E-state index contributed by atoms with van der Waals surface area (Å²) in [7, 11) is 1.67. The van der Waals surface area contributed by atoms with Gasteiger partial charge in [0.2, 0.25) is 5.95 Å². The molecule has 0 fully saturated rings. The molecule has 1 heterocycles. The zero-order valence-electron chi connectivity index (χ0n) is 15.3. The van der Waals surface area contributed by atoms with Gasteiger partial charge in [0.1, 0.15) is 17.2 Å². The van der Waals surface area contributed by atoms with Crippen LogP contribution in [0, 0.1) is 5.82 Å². The molecule has 0 atom stereocenters. The third-order valence-electron chi connectivity index (χ3n) is 4.22. The van der Waals surface area contributed by atoms with Crippen molar-refractivity contribution in [1.29, 1.82) is 0 Å². The van der Waals surface area contributed by atoms with E-state index < -0.39 is 23.4 Å². The molecule has 0 saturated heterocycles. The summed E-state index contributed by atoms with van der Waals surface area (Å²) < 4.78 is 53.1. The first-order valence-electron chi connectivity index (χ1n) is 8.57. The summed E-state index contributed by atoms with van der Waals surface area (Å²) in [5.74, 6) is -0.789. The van der Waals surface area contributed by atoms with E-state index in [0.717, 1.165) is 36.0 Å². The van der Waals surface area contributed by atoms with Crippen LogP contribution < -0.4 is 10.2 Å². The van der Waals surface area contributed by atoms with Gasteiger partial charge in [0, 0.05) is 24.6 Å². The number of anilines is 4. The molecule has 28 heavy (non-hydrogen) atoms. The fourth-order valence-corrected chi connectivity index (χ4v) is 2.58. The quantitative estimate of drug-likeness (QED) is 0.567. The molecular weight excluding hydrogens is 372 g/mol. The van der Waals surface area contributed by atoms with Crippen molar-refractivity contribution in [2.75, 3.05) is 17.3 Å². The second-order valence-electron chi connectivity index (χ2n) is 6.14. The summed E-state index contributed by atoms with van der Waals surface area (Å²) in [5, 5.41) is 2.61. The minimum atomic E-state index is -4.64. The molecule has 0 spiro atoms. The lowest BCUT2D eigenvalue weighted by molar-refractivity contribution is -0.137. The summed E-state index contributed by atoms with van der Waals surface area (Å²) in [6.07, 6.45) is -3.01. The molecule has 3 aromatic rings. The number of aromatic nitrogens is 2. The Balaban J connectivity index is 1.97. The monoisotopic (exact) mass is 390 g/mol. The highest BCUT2D eigenvalue weighted by Gasteiger charge is 2.35. The predicted octanol–water partition coefficient (Wildman–Crippen LogP) is 5.71. The molecule has 0 aliphatic heterocycles. The highest BCUT2D eigenvalue weighted by molar-refractivity contribution is 5.63. The number of nitrogens with zero attached hydrogens (tertiary/aromatic N) is 3. The van der Waals surface area contributed by atoms with Gasteiger partial charge in [-0.1, -0.05) is 19.1 Å². The van der Waals surface area contributed by atoms with Crippen LogP contribution >= 0.6 is 0 Å². The lowest BCUT2D eigenvalue weighted by Crippen LogP contribution is -2.17. The predicted molar refractivity (Wildman–Crippen MR) is 101 cm³/mol. The number of nitrogens with one attached hydrogen (secondary N) is 1. The van der Waals surface area contributed by atoms with Crippen LogP contribution in [0.25, 0.3) is 0 Å². The molecule has 0 aliphatic rings. The van der Waals surface area contributed by atoms with E-state index in [-0.39, 0.29) is 11.6 Å². The fourth-order valence-electron chi connectivity index (χ4n) is 2.58. The van der Waals surface area contributed by atoms with Crippen LogP contribution in [-0.2, 0) is 12.6 Å². The first kappa shape index (κ1) is 19.6. The van der Waals surface area contributed by atoms with Crippen LogP contribution in [0.2, 0.25) is 0 Å². The number of alkyl halides is 3. The summed E-state index contributed by atoms with van der Waals surface area (Å²) in [6.45, 7) is 2.03. The Morgan fingerprint density at radius 1 is 1.00 bits per heavy atom. The number of hydrogen-bond donors (Lipinski definition) is 1. The Morgan fingerprint density at radius 2 is 1.64 bits per heavy atom. The Kier molecular flexibility index (Phi) is 5.48. The third-order valence-corrected chi connectivity index (χ3v) is 4.22. The topological polar surface area (TPSA) is 41.1 Å². The maximum atomic E-state index is 13.4. The van der Waals surface area contributed by atoms with Crippen LogP contribution in [0.4, 0.5) is 40.7 Å². The Labute approximate surface area is 159 Å². The van der Waals surface area contributed by atoms with Crippen LogP contribution in [0.15, 0.2) is 54.7 Å². The van der Waals surface area contributed by atoms with Gasteiger partial charge in [-0.05, 0) is 48.4 Å². The fraction of sp³-hybridized carbons (Fsp3) is 0.200. The van der Waals surface area contributed by atoms with E-state index in [1.165, 1.54) is 12.1 Å². The van der Waals surface area contributed by atoms with E-state index in [2.05, 4.69) is 15.3 Å². The first-order valence-corrected chi connectivity index (χ1v) is 8.57. The average Bonchev–Trinajstić information content (AvgIpc) is 2.68. The maximum absolute atomic E-state index is 13.4. The molecule has 2 aromatic carbocycles. The van der Waals surface area contributed by atoms with Gasteiger partial charge in [-0.15, -0.1) is 0 Å². The summed E-state index contributed by atoms with van der Waals surface area (Å²) in [6, 6.07) is 12.6. The summed E-state index contributed by atoms with van der Waals surface area (Å²) in [4.78, 5) is 9.53. The highest BCUT2D eigenvalue weighted by atomic mass is 19.4. The number of halogens is 4. The SMILES string of the molecule is CCc1ccc(N(C)c2ncc(C(F)(F)F)c(Nc3ccc(F)cc3)n2)cc1. The highest BCUT2D eigenvalue weighted by Crippen LogP contribution is 2.36. The van der Waals surface area contributed by atoms with E-state index in [1.54, 1.807) is 11.9 Å². The van der Waals surface area contributed by atoms with Crippen molar-refractivity contribution in [3.8, 4) is 0 Å². The van der Waals surface area contributed by atoms with Gasteiger partial charge in [0.15, 0.2) is 0 Å². The minimum Gasteiger partial charge on any atom is -0.340 e. The largest absolute Gasteiger partial charge is 0.421 e. The lowest BCUT2D eigenvalue weighted by atomic mass is 10.1. The molecule has 1 N–H and O–H groups in total. The zero-order chi connectivity index (χ0) is 20.3. The molecule has 0 aliphatic carbocycles. The van der Waals surface area contributed by atoms with Crippen LogP contribution in [0.1, 0.15) is 18.1 Å². The van der Waals surface area contributed by atoms with Crippen molar-refractivity contribution >= 4 is 23.1 Å². The molecule has 8 heteroatoms. The van der Waals surface area contributed by atoms with E-state index in [0.29, 0.717) is 0 Å². The van der Waals surface area contributed by atoms with Gasteiger partial charge in [-0.2, -0.15) is 18.2 Å². The Hall–Kier alpha value is -3.16. The second-order valence-corrected chi connectivity index (χ2v) is 6.14. The van der Waals surface area contributed by atoms with Gasteiger partial charge in [0.25, 0.3) is 0 Å². The Bertz CT molecular complexity index is 938. The minimum absolute atomic E-state index is 0.0989. The molecule has 0 bridgehead atoms. The molecule has 0 amide bonds. The summed E-state index contributed by atoms with van der Waals surface area (Å²) in [5.41, 5.74) is 1.16. The van der Waals surface area contributed by atoms with Crippen molar-refractivity contribution in [2.45, 2.75) is 19.5 Å². The smallest absolute Gasteiger partial charge is 0.340 e. The lowest BCUT2D eigenvalue weighted by Gasteiger charge is -2.20. The second kappa shape index (κ2) is 7.84. The maximum Gasteiger partial charge on any atom is 0.421 e. The molecule has 3 rings (SSSR count). The number of hydrogen-bond acceptors (Lipinski definition) is 4. The molecule has 0 radical (unpaired) electrons. The molecule has 0 saturated carbocycles. The molecule has 1 aromatic heterocycles. The van der Waals surface area contributed by atoms with Gasteiger partial charge < -0.3 is 10.2 Å². The summed E-state index contributed by atoms with van der Waals surface area (Å²) >= 11 is 0. The average molecular weight is 390 g/mol. The van der Waals surface area contributed by atoms with E-state index in [1.807, 2.05) is 31.2 Å². The Morgan fingerprint density at radius 3 is 2.21 bits per heavy atom. The van der Waals surface area contributed by atoms with E-state index in [9.17, 15) is 17.6 Å². The van der Waals surface area contributed by atoms with Crippen LogP contribution in [-0.4, -0.2) is 17.0 Å². The van der Waals surface area contributed by atoms with Crippen molar-refractivity contribution < 1.29 is 17.6 Å². The standard InChI is InChI=1S/C20H18F4N4/c1-3-13-4-10-16(11-5-13)28(2)19-25-12-17(20(22,23)24)18(27-19)26-15-8-6-14(21)7-9-15/h4-12H,3H2,1-2H3,(H,25,26,27). The molecule has 4 nitrogen and oxygen atoms in total. The first-order chi connectivity index (χ1) is 13.3. The van der Waals surface area contributed by atoms with E-state index >= 15 is 0 Å². The number of benzene rings is 2. The van der Waals surface area contributed by atoms with Crippen LogP contribution in [0.5, 0.6) is 0 Å². The van der Waals surface area contributed by atoms with Gasteiger partial charge in [-0.25, -0.2) is 9.37 Å². The molecule has 0 unspecified atom stereocenters. The van der Waals surface area contributed by atoms with Crippen LogP contribution in [0.3, 0.4) is 0 Å². The van der Waals surface area contributed by atoms with E-state index in [4.69, 9.17) is 0 Å². The van der Waals surface area contributed by atoms with Gasteiger partial charge >= 0.3 is 6.18 Å².